The minimum Gasteiger partial charge on any atom is -0.493 e. The second-order valence-corrected chi connectivity index (χ2v) is 9.90. The van der Waals surface area contributed by atoms with Crippen molar-refractivity contribution in [3.8, 4) is 22.8 Å². The number of nitrogens with zero attached hydrogens (tertiary/aromatic N) is 1. The highest BCUT2D eigenvalue weighted by atomic mass is 16.5. The van der Waals surface area contributed by atoms with Crippen molar-refractivity contribution in [3.05, 3.63) is 45.7 Å². The highest BCUT2D eigenvalue weighted by molar-refractivity contribution is 5.88. The summed E-state index contributed by atoms with van der Waals surface area (Å²) in [5.41, 5.74) is 1.76. The monoisotopic (exact) mass is 441 g/mol. The first-order chi connectivity index (χ1) is 15.1. The zero-order valence-electron chi connectivity index (χ0n) is 19.3. The lowest BCUT2D eigenvalue weighted by molar-refractivity contribution is -0.0144. The highest BCUT2D eigenvalue weighted by Crippen LogP contribution is 2.46. The molecule has 2 aliphatic rings. The first kappa shape index (κ1) is 22.4. The van der Waals surface area contributed by atoms with Gasteiger partial charge in [-0.25, -0.2) is 4.79 Å². The molecule has 7 nitrogen and oxygen atoms in total. The molecule has 1 unspecified atom stereocenters. The van der Waals surface area contributed by atoms with E-state index in [0.717, 1.165) is 24.0 Å². The Bertz CT molecular complexity index is 1090. The molecule has 1 aliphatic carbocycles. The predicted octanol–water partition coefficient (Wildman–Crippen LogP) is 4.17. The largest absolute Gasteiger partial charge is 0.493 e. The summed E-state index contributed by atoms with van der Waals surface area (Å²) in [4.78, 5) is 24.1. The van der Waals surface area contributed by atoms with Crippen molar-refractivity contribution in [1.29, 1.82) is 0 Å². The molecule has 1 aromatic heterocycles. The van der Waals surface area contributed by atoms with E-state index in [1.165, 1.54) is 12.3 Å². The van der Waals surface area contributed by atoms with Crippen LogP contribution in [0.15, 0.2) is 29.2 Å². The molecule has 0 amide bonds. The minimum atomic E-state index is -1.21. The van der Waals surface area contributed by atoms with E-state index < -0.39 is 11.4 Å². The SMILES string of the molecule is COc1cc2c(cc1OCC1CC(OC)C1)CC(C(C)(C)C)n1cc(C(=O)O)c(=O)cc1-2. The molecule has 2 aromatic rings. The Hall–Kier alpha value is -2.80. The predicted molar refractivity (Wildman–Crippen MR) is 121 cm³/mol. The third kappa shape index (κ3) is 4.01. The van der Waals surface area contributed by atoms with Gasteiger partial charge in [-0.2, -0.15) is 0 Å². The number of pyridine rings is 1. The maximum absolute atomic E-state index is 12.5. The summed E-state index contributed by atoms with van der Waals surface area (Å²) in [5.74, 6) is 0.549. The van der Waals surface area contributed by atoms with Crippen LogP contribution >= 0.6 is 0 Å². The van der Waals surface area contributed by atoms with Gasteiger partial charge in [-0.15, -0.1) is 0 Å². The van der Waals surface area contributed by atoms with Gasteiger partial charge in [0.25, 0.3) is 0 Å². The number of aromatic carboxylic acids is 1. The summed E-state index contributed by atoms with van der Waals surface area (Å²) in [5, 5.41) is 9.47. The molecule has 1 N–H and O–H groups in total. The highest BCUT2D eigenvalue weighted by Gasteiger charge is 2.35. The fourth-order valence-corrected chi connectivity index (χ4v) is 4.71. The Morgan fingerprint density at radius 3 is 2.47 bits per heavy atom. The normalized spacial score (nSPS) is 21.8. The third-order valence-electron chi connectivity index (χ3n) is 6.72. The number of fused-ring (bicyclic) bond motifs is 3. The van der Waals surface area contributed by atoms with E-state index >= 15 is 0 Å². The van der Waals surface area contributed by atoms with Gasteiger partial charge < -0.3 is 23.9 Å². The maximum atomic E-state index is 12.5. The number of aromatic nitrogens is 1. The van der Waals surface area contributed by atoms with E-state index in [1.807, 2.05) is 16.7 Å². The van der Waals surface area contributed by atoms with Crippen LogP contribution in [-0.4, -0.2) is 42.6 Å². The molecule has 0 bridgehead atoms. The van der Waals surface area contributed by atoms with Crippen LogP contribution in [0.5, 0.6) is 11.5 Å². The van der Waals surface area contributed by atoms with Crippen molar-refractivity contribution in [2.24, 2.45) is 11.3 Å². The molecular formula is C25H31NO6. The van der Waals surface area contributed by atoms with E-state index in [2.05, 4.69) is 20.8 Å². The van der Waals surface area contributed by atoms with Gasteiger partial charge in [0, 0.05) is 31.0 Å². The topological polar surface area (TPSA) is 87.0 Å². The van der Waals surface area contributed by atoms with Gasteiger partial charge in [-0.1, -0.05) is 20.8 Å². The lowest BCUT2D eigenvalue weighted by atomic mass is 9.78. The Morgan fingerprint density at radius 1 is 1.16 bits per heavy atom. The number of rotatable bonds is 6. The van der Waals surface area contributed by atoms with Gasteiger partial charge >= 0.3 is 5.97 Å². The van der Waals surface area contributed by atoms with Crippen molar-refractivity contribution in [2.45, 2.75) is 52.2 Å². The first-order valence-corrected chi connectivity index (χ1v) is 11.0. The average Bonchev–Trinajstić information content (AvgIpc) is 2.70. The Morgan fingerprint density at radius 2 is 1.88 bits per heavy atom. The molecule has 2 heterocycles. The Labute approximate surface area is 187 Å². The van der Waals surface area contributed by atoms with Gasteiger partial charge in [-0.3, -0.25) is 4.79 Å². The zero-order chi connectivity index (χ0) is 23.2. The number of carboxylic acids is 1. The van der Waals surface area contributed by atoms with Crippen LogP contribution in [0.1, 0.15) is 55.6 Å². The lowest BCUT2D eigenvalue weighted by Crippen LogP contribution is -2.34. The van der Waals surface area contributed by atoms with Crippen molar-refractivity contribution >= 4 is 5.97 Å². The molecule has 7 heteroatoms. The molecular weight excluding hydrogens is 410 g/mol. The van der Waals surface area contributed by atoms with Crippen LogP contribution in [0.2, 0.25) is 0 Å². The van der Waals surface area contributed by atoms with E-state index in [4.69, 9.17) is 14.2 Å². The van der Waals surface area contributed by atoms with Crippen molar-refractivity contribution < 1.29 is 24.1 Å². The van der Waals surface area contributed by atoms with Crippen molar-refractivity contribution in [2.75, 3.05) is 20.8 Å². The van der Waals surface area contributed by atoms with E-state index in [9.17, 15) is 14.7 Å². The summed E-state index contributed by atoms with van der Waals surface area (Å²) in [6.45, 7) is 6.97. The summed E-state index contributed by atoms with van der Waals surface area (Å²) in [6, 6.07) is 5.32. The number of methoxy groups -OCH3 is 2. The van der Waals surface area contributed by atoms with Gasteiger partial charge in [0.05, 0.1) is 25.5 Å². The summed E-state index contributed by atoms with van der Waals surface area (Å²) >= 11 is 0. The Balaban J connectivity index is 1.75. The fourth-order valence-electron chi connectivity index (χ4n) is 4.71. The zero-order valence-corrected chi connectivity index (χ0v) is 19.3. The molecule has 1 fully saturated rings. The van der Waals surface area contributed by atoms with E-state index in [1.54, 1.807) is 14.2 Å². The van der Waals surface area contributed by atoms with Gasteiger partial charge in [-0.05, 0) is 48.3 Å². The molecule has 0 spiro atoms. The lowest BCUT2D eigenvalue weighted by Gasteiger charge is -2.39. The summed E-state index contributed by atoms with van der Waals surface area (Å²) in [7, 11) is 3.34. The first-order valence-electron chi connectivity index (χ1n) is 11.0. The van der Waals surface area contributed by atoms with E-state index in [-0.39, 0.29) is 17.0 Å². The smallest absolute Gasteiger partial charge is 0.341 e. The van der Waals surface area contributed by atoms with Crippen LogP contribution < -0.4 is 14.9 Å². The number of carboxylic acid groups (broad SMARTS) is 1. The van der Waals surface area contributed by atoms with Crippen LogP contribution in [-0.2, 0) is 11.2 Å². The Kier molecular flexibility index (Phi) is 5.79. The molecule has 32 heavy (non-hydrogen) atoms. The number of carbonyl (C=O) groups is 1. The van der Waals surface area contributed by atoms with Gasteiger partial charge in [0.1, 0.15) is 5.56 Å². The molecule has 1 aliphatic heterocycles. The molecule has 0 saturated heterocycles. The second-order valence-electron chi connectivity index (χ2n) is 9.90. The molecule has 172 valence electrons. The molecule has 1 saturated carbocycles. The quantitative estimate of drug-likeness (QED) is 0.724. The number of hydrogen-bond acceptors (Lipinski definition) is 5. The molecule has 1 atom stereocenters. The molecule has 1 aromatic carbocycles. The van der Waals surface area contributed by atoms with Crippen LogP contribution in [0.25, 0.3) is 11.3 Å². The van der Waals surface area contributed by atoms with Gasteiger partial charge in [0.15, 0.2) is 16.9 Å². The third-order valence-corrected chi connectivity index (χ3v) is 6.72. The minimum absolute atomic E-state index is 0.0148. The van der Waals surface area contributed by atoms with Crippen molar-refractivity contribution in [3.63, 3.8) is 0 Å². The second kappa shape index (κ2) is 8.28. The number of benzene rings is 1. The number of hydrogen-bond donors (Lipinski definition) is 1. The summed E-state index contributed by atoms with van der Waals surface area (Å²) in [6.07, 6.45) is 4.50. The van der Waals surface area contributed by atoms with Gasteiger partial charge in [0.2, 0.25) is 0 Å². The van der Waals surface area contributed by atoms with Crippen LogP contribution in [0.4, 0.5) is 0 Å². The molecule has 0 radical (unpaired) electrons. The maximum Gasteiger partial charge on any atom is 0.341 e. The average molecular weight is 442 g/mol. The van der Waals surface area contributed by atoms with E-state index in [0.29, 0.717) is 42.2 Å². The number of ether oxygens (including phenoxy) is 3. The fraction of sp³-hybridized carbons (Fsp3) is 0.520. The molecule has 4 rings (SSSR count). The standard InChI is InChI=1S/C25H31NO6/c1-25(2,3)23-9-15-8-22(32-13-14-6-16(7-14)30-4)21(31-5)10-17(15)19-11-20(27)18(24(28)29)12-26(19)23/h8,10-12,14,16,23H,6-7,9,13H2,1-5H3,(H,28,29). The van der Waals surface area contributed by atoms with Crippen molar-refractivity contribution in [1.82, 2.24) is 4.57 Å². The summed E-state index contributed by atoms with van der Waals surface area (Å²) < 4.78 is 19.0. The van der Waals surface area contributed by atoms with Crippen LogP contribution in [0.3, 0.4) is 0 Å². The van der Waals surface area contributed by atoms with Crippen LogP contribution in [0, 0.1) is 11.3 Å².